The molecule has 0 atom stereocenters. The summed E-state index contributed by atoms with van der Waals surface area (Å²) in [6, 6.07) is 4.76. The number of hydrogen-bond acceptors (Lipinski definition) is 3. The fraction of sp³-hybridized carbons (Fsp3) is 0.364. The molecule has 1 aromatic carbocycles. The van der Waals surface area contributed by atoms with E-state index in [1.165, 1.54) is 6.07 Å². The Morgan fingerprint density at radius 1 is 1.38 bits per heavy atom. The van der Waals surface area contributed by atoms with Gasteiger partial charge in [0.1, 0.15) is 0 Å². The maximum atomic E-state index is 11.3. The summed E-state index contributed by atoms with van der Waals surface area (Å²) in [4.78, 5) is 10.7. The molecule has 0 bridgehead atoms. The van der Waals surface area contributed by atoms with Gasteiger partial charge in [0.25, 0.3) is 0 Å². The molecule has 0 amide bonds. The molecular weight excluding hydrogens is 228 g/mol. The second-order valence-electron chi connectivity index (χ2n) is 3.75. The van der Waals surface area contributed by atoms with Crippen molar-refractivity contribution >= 4 is 15.8 Å². The first-order valence-corrected chi connectivity index (χ1v) is 6.71. The molecule has 0 saturated carbocycles. The number of benzene rings is 1. The standard InChI is InChI=1S/C11H14O4S/c1-8-7-10(16(2,14)15)5-3-9(8)4-6-11(12)13/h3,5,7H,4,6H2,1-2H3,(H,12,13). The van der Waals surface area contributed by atoms with Gasteiger partial charge >= 0.3 is 5.97 Å². The van der Waals surface area contributed by atoms with Gasteiger partial charge in [0.15, 0.2) is 9.84 Å². The van der Waals surface area contributed by atoms with Gasteiger partial charge in [-0.15, -0.1) is 0 Å². The lowest BCUT2D eigenvalue weighted by Gasteiger charge is -2.06. The van der Waals surface area contributed by atoms with E-state index in [9.17, 15) is 13.2 Å². The van der Waals surface area contributed by atoms with Gasteiger partial charge in [0, 0.05) is 12.7 Å². The number of rotatable bonds is 4. The van der Waals surface area contributed by atoms with Crippen LogP contribution in [0.5, 0.6) is 0 Å². The van der Waals surface area contributed by atoms with Crippen LogP contribution in [0.25, 0.3) is 0 Å². The zero-order valence-corrected chi connectivity index (χ0v) is 10.0. The van der Waals surface area contributed by atoms with Gasteiger partial charge in [-0.05, 0) is 36.6 Å². The van der Waals surface area contributed by atoms with E-state index in [-0.39, 0.29) is 11.3 Å². The van der Waals surface area contributed by atoms with Crippen LogP contribution >= 0.6 is 0 Å². The van der Waals surface area contributed by atoms with Gasteiger partial charge in [-0.2, -0.15) is 0 Å². The lowest BCUT2D eigenvalue weighted by molar-refractivity contribution is -0.136. The number of hydrogen-bond donors (Lipinski definition) is 1. The summed E-state index contributed by atoms with van der Waals surface area (Å²) in [5.41, 5.74) is 1.68. The Bertz CT molecular complexity index is 503. The Kier molecular flexibility index (Phi) is 3.70. The molecule has 5 heteroatoms. The van der Waals surface area contributed by atoms with Gasteiger partial charge in [-0.1, -0.05) is 6.07 Å². The van der Waals surface area contributed by atoms with Crippen molar-refractivity contribution in [2.24, 2.45) is 0 Å². The van der Waals surface area contributed by atoms with Crippen molar-refractivity contribution in [1.29, 1.82) is 0 Å². The number of carboxylic acids is 1. The lowest BCUT2D eigenvalue weighted by Crippen LogP contribution is -2.02. The van der Waals surface area contributed by atoms with Crippen LogP contribution in [-0.4, -0.2) is 25.7 Å². The molecule has 0 aliphatic rings. The van der Waals surface area contributed by atoms with Gasteiger partial charge in [0.05, 0.1) is 4.90 Å². The summed E-state index contributed by atoms with van der Waals surface area (Å²) in [6.07, 6.45) is 1.63. The highest BCUT2D eigenvalue weighted by molar-refractivity contribution is 7.90. The van der Waals surface area contributed by atoms with Crippen molar-refractivity contribution in [3.63, 3.8) is 0 Å². The van der Waals surface area contributed by atoms with Crippen LogP contribution in [-0.2, 0) is 21.1 Å². The molecule has 4 nitrogen and oxygen atoms in total. The number of carboxylic acid groups (broad SMARTS) is 1. The van der Waals surface area contributed by atoms with E-state index in [1.54, 1.807) is 19.1 Å². The molecule has 88 valence electrons. The minimum absolute atomic E-state index is 0.0546. The van der Waals surface area contributed by atoms with E-state index in [0.717, 1.165) is 17.4 Å². The fourth-order valence-corrected chi connectivity index (χ4v) is 2.13. The van der Waals surface area contributed by atoms with E-state index in [0.29, 0.717) is 6.42 Å². The summed E-state index contributed by atoms with van der Waals surface area (Å²) >= 11 is 0. The summed E-state index contributed by atoms with van der Waals surface area (Å²) in [5, 5.41) is 8.55. The van der Waals surface area contributed by atoms with Crippen LogP contribution < -0.4 is 0 Å². The van der Waals surface area contributed by atoms with Crippen molar-refractivity contribution in [2.45, 2.75) is 24.7 Å². The maximum Gasteiger partial charge on any atom is 0.303 e. The first kappa shape index (κ1) is 12.7. The third-order valence-electron chi connectivity index (χ3n) is 2.35. The zero-order valence-electron chi connectivity index (χ0n) is 9.23. The van der Waals surface area contributed by atoms with Crippen molar-refractivity contribution in [3.05, 3.63) is 29.3 Å². The number of aryl methyl sites for hydroxylation is 2. The summed E-state index contributed by atoms with van der Waals surface area (Å²) < 4.78 is 22.5. The third kappa shape index (κ3) is 3.34. The number of aliphatic carboxylic acids is 1. The topological polar surface area (TPSA) is 71.4 Å². The molecular formula is C11H14O4S. The molecule has 1 N–H and O–H groups in total. The van der Waals surface area contributed by atoms with Crippen molar-refractivity contribution < 1.29 is 18.3 Å². The fourth-order valence-electron chi connectivity index (χ4n) is 1.42. The molecule has 0 heterocycles. The maximum absolute atomic E-state index is 11.3. The molecule has 0 aliphatic carbocycles. The van der Waals surface area contributed by atoms with E-state index in [2.05, 4.69) is 0 Å². The van der Waals surface area contributed by atoms with Gasteiger partial charge in [-0.3, -0.25) is 4.79 Å². The second-order valence-corrected chi connectivity index (χ2v) is 5.77. The molecule has 0 fully saturated rings. The van der Waals surface area contributed by atoms with Crippen LogP contribution in [0.15, 0.2) is 23.1 Å². The van der Waals surface area contributed by atoms with Crippen molar-refractivity contribution in [2.75, 3.05) is 6.26 Å². The molecule has 16 heavy (non-hydrogen) atoms. The van der Waals surface area contributed by atoms with E-state index in [4.69, 9.17) is 5.11 Å². The van der Waals surface area contributed by atoms with Gasteiger partial charge in [-0.25, -0.2) is 8.42 Å². The average molecular weight is 242 g/mol. The minimum Gasteiger partial charge on any atom is -0.481 e. The van der Waals surface area contributed by atoms with E-state index in [1.807, 2.05) is 0 Å². The summed E-state index contributed by atoms with van der Waals surface area (Å²) in [7, 11) is -3.19. The van der Waals surface area contributed by atoms with Crippen LogP contribution in [0.1, 0.15) is 17.5 Å². The summed E-state index contributed by atoms with van der Waals surface area (Å²) in [6.45, 7) is 1.78. The number of sulfone groups is 1. The molecule has 0 spiro atoms. The monoisotopic (exact) mass is 242 g/mol. The van der Waals surface area contributed by atoms with Crippen LogP contribution in [0.4, 0.5) is 0 Å². The highest BCUT2D eigenvalue weighted by Crippen LogP contribution is 2.16. The van der Waals surface area contributed by atoms with Crippen LogP contribution in [0.3, 0.4) is 0 Å². The SMILES string of the molecule is Cc1cc(S(C)(=O)=O)ccc1CCC(=O)O. The Morgan fingerprint density at radius 3 is 2.44 bits per heavy atom. The molecule has 0 radical (unpaired) electrons. The molecule has 0 saturated heterocycles. The predicted molar refractivity (Wildman–Crippen MR) is 60.2 cm³/mol. The Hall–Kier alpha value is -1.36. The summed E-state index contributed by atoms with van der Waals surface area (Å²) in [5.74, 6) is -0.855. The minimum atomic E-state index is -3.19. The highest BCUT2D eigenvalue weighted by atomic mass is 32.2. The molecule has 1 aromatic rings. The molecule has 0 unspecified atom stereocenters. The first-order valence-electron chi connectivity index (χ1n) is 4.82. The normalized spacial score (nSPS) is 11.4. The Balaban J connectivity index is 2.96. The molecule has 1 rings (SSSR count). The quantitative estimate of drug-likeness (QED) is 0.866. The smallest absolute Gasteiger partial charge is 0.303 e. The molecule has 0 aliphatic heterocycles. The predicted octanol–water partition coefficient (Wildman–Crippen LogP) is 1.42. The highest BCUT2D eigenvalue weighted by Gasteiger charge is 2.09. The largest absolute Gasteiger partial charge is 0.481 e. The zero-order chi connectivity index (χ0) is 12.3. The number of carbonyl (C=O) groups is 1. The molecule has 0 aromatic heterocycles. The van der Waals surface area contributed by atoms with E-state index < -0.39 is 15.8 Å². The third-order valence-corrected chi connectivity index (χ3v) is 3.46. The van der Waals surface area contributed by atoms with Crippen molar-refractivity contribution in [3.8, 4) is 0 Å². The van der Waals surface area contributed by atoms with Crippen molar-refractivity contribution in [1.82, 2.24) is 0 Å². The van der Waals surface area contributed by atoms with Gasteiger partial charge in [0.2, 0.25) is 0 Å². The van der Waals surface area contributed by atoms with E-state index >= 15 is 0 Å². The second kappa shape index (κ2) is 4.65. The van der Waals surface area contributed by atoms with Crippen LogP contribution in [0.2, 0.25) is 0 Å². The Labute approximate surface area is 94.8 Å². The van der Waals surface area contributed by atoms with Gasteiger partial charge < -0.3 is 5.11 Å². The van der Waals surface area contributed by atoms with Crippen LogP contribution in [0, 0.1) is 6.92 Å². The lowest BCUT2D eigenvalue weighted by atomic mass is 10.0. The Morgan fingerprint density at radius 2 is 2.00 bits per heavy atom. The average Bonchev–Trinajstić information content (AvgIpc) is 2.14. The first-order chi connectivity index (χ1) is 7.30.